The van der Waals surface area contributed by atoms with E-state index in [2.05, 4.69) is 10.7 Å². The lowest BCUT2D eigenvalue weighted by Crippen LogP contribution is -1.78. The molecule has 0 heterocycles. The first kappa shape index (κ1) is 11.0. The van der Waals surface area contributed by atoms with Crippen LogP contribution in [0.1, 0.15) is 0 Å². The topological polar surface area (TPSA) is 94.5 Å². The lowest BCUT2D eigenvalue weighted by atomic mass is 15.9. The summed E-state index contributed by atoms with van der Waals surface area (Å²) in [5.41, 5.74) is 0. The maximum atomic E-state index is 8.84. The molecule has 0 saturated carbocycles. The first-order valence-electron chi connectivity index (χ1n) is 1.00. The lowest BCUT2D eigenvalue weighted by molar-refractivity contribution is 0.481. The molecule has 5 nitrogen and oxygen atoms in total. The van der Waals surface area contributed by atoms with Gasteiger partial charge in [0, 0.05) is 10.7 Å². The Morgan fingerprint density at radius 2 is 1.62 bits per heavy atom. The molecule has 0 unspecified atom stereocenters. The highest BCUT2D eigenvalue weighted by Gasteiger charge is 1.70. The molecule has 0 bridgehead atoms. The monoisotopic (exact) mass is 180 g/mol. The third-order valence-corrected chi connectivity index (χ3v) is 0. The van der Waals surface area contributed by atoms with Crippen LogP contribution in [0.3, 0.4) is 0 Å². The smallest absolute Gasteiger partial charge is 0.690 e. The summed E-state index contributed by atoms with van der Waals surface area (Å²) >= 11 is -0.500. The zero-order chi connectivity index (χ0) is 7.21. The summed E-state index contributed by atoms with van der Waals surface area (Å²) < 4.78 is 41.9. The average molecular weight is 181 g/mol. The Hall–Kier alpha value is 0.180. The molecule has 1 N–H and O–H groups in total. The molecule has 0 aliphatic rings. The van der Waals surface area contributed by atoms with Crippen molar-refractivity contribution < 1.29 is 21.7 Å². The van der Waals surface area contributed by atoms with Crippen LogP contribution in [0.25, 0.3) is 0 Å². The van der Waals surface area contributed by atoms with E-state index in [-0.39, 0.29) is 0 Å². The highest BCUT2D eigenvalue weighted by molar-refractivity contribution is 8.09. The molecule has 0 saturated heterocycles. The van der Waals surface area contributed by atoms with Crippen molar-refractivity contribution in [2.75, 3.05) is 0 Å². The molecular formula is HClO5S2. The Morgan fingerprint density at radius 3 is 1.62 bits per heavy atom. The van der Waals surface area contributed by atoms with Crippen molar-refractivity contribution in [1.29, 1.82) is 0 Å². The van der Waals surface area contributed by atoms with E-state index >= 15 is 0 Å². The van der Waals surface area contributed by atoms with Crippen molar-refractivity contribution >= 4 is 32.0 Å². The van der Waals surface area contributed by atoms with Gasteiger partial charge in [0.2, 0.25) is 0 Å². The second-order valence-corrected chi connectivity index (χ2v) is 2.54. The van der Waals surface area contributed by atoms with E-state index in [0.29, 0.717) is 0 Å². The number of hydrogen-bond acceptors (Lipinski definition) is 4. The molecule has 0 atom stereocenters. The van der Waals surface area contributed by atoms with Gasteiger partial charge in [0.05, 0.1) is 4.21 Å². The molecule has 0 aromatic rings. The Kier molecular flexibility index (Phi) is 7.34. The van der Waals surface area contributed by atoms with Crippen LogP contribution in [-0.2, 0) is 25.5 Å². The molecule has 0 spiro atoms. The van der Waals surface area contributed by atoms with Gasteiger partial charge in [-0.25, -0.2) is 8.42 Å². The predicted octanol–water partition coefficient (Wildman–Crippen LogP) is -0.427. The minimum atomic E-state index is -4.44. The highest BCUT2D eigenvalue weighted by atomic mass is 35.7. The van der Waals surface area contributed by atoms with Crippen molar-refractivity contribution in [2.24, 2.45) is 0 Å². The lowest BCUT2D eigenvalue weighted by Gasteiger charge is -1.86. The van der Waals surface area contributed by atoms with Gasteiger partial charge in [-0.15, -0.1) is 0 Å². The zero-order valence-electron chi connectivity index (χ0n) is 3.27. The van der Waals surface area contributed by atoms with E-state index in [1.807, 2.05) is 0 Å². The van der Waals surface area contributed by atoms with Gasteiger partial charge in [-0.05, 0) is 0 Å². The summed E-state index contributed by atoms with van der Waals surface area (Å²) in [5.74, 6) is 0. The largest absolute Gasteiger partial charge is 0.735 e. The van der Waals surface area contributed by atoms with Crippen LogP contribution in [0.15, 0.2) is 0 Å². The molecule has 0 rings (SSSR count). The van der Waals surface area contributed by atoms with Crippen LogP contribution < -0.4 is 0 Å². The quantitative estimate of drug-likeness (QED) is 0.236. The molecule has 8 heteroatoms. The minimum Gasteiger partial charge on any atom is -0.735 e. The van der Waals surface area contributed by atoms with Crippen LogP contribution in [0.4, 0.5) is 0 Å². The molecule has 0 aliphatic heterocycles. The van der Waals surface area contributed by atoms with Gasteiger partial charge in [-0.1, -0.05) is 4.55 Å². The number of hydrogen-bond donors (Lipinski definition) is 1. The van der Waals surface area contributed by atoms with Gasteiger partial charge in [0.15, 0.2) is 9.33 Å². The molecule has 0 aromatic carbocycles. The zero-order valence-corrected chi connectivity index (χ0v) is 5.66. The van der Waals surface area contributed by atoms with Gasteiger partial charge in [-0.3, -0.25) is 0 Å². The Bertz CT molecular complexity index is 125. The third kappa shape index (κ3) is 5120. The second kappa shape index (κ2) is 5.32. The van der Waals surface area contributed by atoms with Crippen LogP contribution >= 0.6 is 10.7 Å². The van der Waals surface area contributed by atoms with Crippen LogP contribution in [0, 0.1) is 0 Å². The van der Waals surface area contributed by atoms with Gasteiger partial charge >= 0.3 is 11.9 Å². The van der Waals surface area contributed by atoms with E-state index in [4.69, 9.17) is 21.7 Å². The molecule has 0 fully saturated rings. The van der Waals surface area contributed by atoms with Crippen LogP contribution in [0.5, 0.6) is 0 Å². The minimum absolute atomic E-state index is 0.500. The fourth-order valence-corrected chi connectivity index (χ4v) is 0. The Labute approximate surface area is 54.2 Å². The second-order valence-electron chi connectivity index (χ2n) is 0.468. The van der Waals surface area contributed by atoms with Crippen molar-refractivity contribution in [3.05, 3.63) is 0 Å². The summed E-state index contributed by atoms with van der Waals surface area (Å²) in [5, 5.41) is 0. The molecule has 8 heavy (non-hydrogen) atoms. The number of halogens is 1. The normalized spacial score (nSPS) is 8.88. The number of rotatable bonds is 0. The van der Waals surface area contributed by atoms with Crippen molar-refractivity contribution in [3.63, 3.8) is 0 Å². The summed E-state index contributed by atoms with van der Waals surface area (Å²) in [6.45, 7) is 0. The first-order valence-corrected chi connectivity index (χ1v) is 3.94. The van der Waals surface area contributed by atoms with Crippen LogP contribution in [0.2, 0.25) is 0 Å². The molecule has 50 valence electrons. The van der Waals surface area contributed by atoms with E-state index in [9.17, 15) is 0 Å². The van der Waals surface area contributed by atoms with Gasteiger partial charge in [0.25, 0.3) is 0 Å². The first-order chi connectivity index (χ1) is 3.41. The van der Waals surface area contributed by atoms with Gasteiger partial charge in [0.1, 0.15) is 0 Å². The highest BCUT2D eigenvalue weighted by Crippen LogP contribution is 1.82. The van der Waals surface area contributed by atoms with Gasteiger partial charge < -0.3 is 4.55 Å². The van der Waals surface area contributed by atoms with E-state index in [0.717, 1.165) is 0 Å². The Balaban J connectivity index is 0. The van der Waals surface area contributed by atoms with Crippen LogP contribution in [-0.4, -0.2) is 17.5 Å². The molecule has 0 aromatic heterocycles. The summed E-state index contributed by atoms with van der Waals surface area (Å²) in [7, 11) is -0.498. The maximum absolute atomic E-state index is 8.84. The van der Waals surface area contributed by atoms with E-state index < -0.39 is 21.3 Å². The van der Waals surface area contributed by atoms with E-state index in [1.165, 1.54) is 0 Å². The SMILES string of the molecule is O=S(=O)([O-])Cl.O=[S+]O. The van der Waals surface area contributed by atoms with Crippen molar-refractivity contribution in [3.8, 4) is 0 Å². The average Bonchev–Trinajstić information content (AvgIpc) is 1.27. The molecule has 0 radical (unpaired) electrons. The molecule has 0 amide bonds. The third-order valence-electron chi connectivity index (χ3n) is 0. The van der Waals surface area contributed by atoms with Gasteiger partial charge in [-0.2, -0.15) is 0 Å². The molecular weight excluding hydrogens is 180 g/mol. The molecule has 0 aliphatic carbocycles. The summed E-state index contributed by atoms with van der Waals surface area (Å²) in [6.07, 6.45) is 0. The van der Waals surface area contributed by atoms with Crippen molar-refractivity contribution in [1.82, 2.24) is 0 Å². The maximum Gasteiger partial charge on any atom is 0.690 e. The fourth-order valence-electron chi connectivity index (χ4n) is 0. The standard InChI is InChI=1S/ClHO3S.O2S/c1-5(2,3)4;1-3-2/h(H,2,3,4);. The van der Waals surface area contributed by atoms with Crippen molar-refractivity contribution in [2.45, 2.75) is 0 Å². The fraction of sp³-hybridized carbons (Fsp3) is 0. The van der Waals surface area contributed by atoms with E-state index in [1.54, 1.807) is 0 Å². The summed E-state index contributed by atoms with van der Waals surface area (Å²) in [4.78, 5) is 0. The Morgan fingerprint density at radius 1 is 1.62 bits per heavy atom. The predicted molar refractivity (Wildman–Crippen MR) is 26.2 cm³/mol. The summed E-state index contributed by atoms with van der Waals surface area (Å²) in [6, 6.07) is 0.